The average molecular weight is 277 g/mol. The summed E-state index contributed by atoms with van der Waals surface area (Å²) >= 11 is 1.49. The van der Waals surface area contributed by atoms with E-state index in [1.165, 1.54) is 11.3 Å². The molecule has 1 heterocycles. The molecule has 2 rings (SSSR count). The normalized spacial score (nSPS) is 11.9. The van der Waals surface area contributed by atoms with Gasteiger partial charge in [0, 0.05) is 16.8 Å². The lowest BCUT2D eigenvalue weighted by Crippen LogP contribution is -2.27. The van der Waals surface area contributed by atoms with Crippen molar-refractivity contribution in [2.24, 2.45) is 0 Å². The second-order valence-corrected chi connectivity index (χ2v) is 5.05. The SMILES string of the molecule is CC(O)c1cccc(NC(=O)NCc2cncs2)c1. The van der Waals surface area contributed by atoms with E-state index in [0.717, 1.165) is 10.4 Å². The van der Waals surface area contributed by atoms with Crippen molar-refractivity contribution in [3.05, 3.63) is 46.4 Å². The number of aliphatic hydroxyl groups excluding tert-OH is 1. The van der Waals surface area contributed by atoms with Crippen LogP contribution in [0, 0.1) is 0 Å². The van der Waals surface area contributed by atoms with Crippen LogP contribution in [-0.2, 0) is 6.54 Å². The maximum Gasteiger partial charge on any atom is 0.319 e. The maximum atomic E-state index is 11.7. The molecular weight excluding hydrogens is 262 g/mol. The smallest absolute Gasteiger partial charge is 0.319 e. The van der Waals surface area contributed by atoms with Gasteiger partial charge in [-0.2, -0.15) is 0 Å². The van der Waals surface area contributed by atoms with Crippen LogP contribution in [0.15, 0.2) is 36.0 Å². The van der Waals surface area contributed by atoms with Crippen LogP contribution < -0.4 is 10.6 Å². The Morgan fingerprint density at radius 3 is 3.05 bits per heavy atom. The fourth-order valence-electron chi connectivity index (χ4n) is 1.55. The zero-order valence-electron chi connectivity index (χ0n) is 10.5. The minimum atomic E-state index is -0.554. The Hall–Kier alpha value is -1.92. The molecular formula is C13H15N3O2S. The molecule has 0 aliphatic heterocycles. The molecule has 2 amide bonds. The summed E-state index contributed by atoms with van der Waals surface area (Å²) in [4.78, 5) is 16.6. The molecule has 2 aromatic rings. The molecule has 0 aliphatic rings. The van der Waals surface area contributed by atoms with Gasteiger partial charge in [0.1, 0.15) is 0 Å². The summed E-state index contributed by atoms with van der Waals surface area (Å²) in [6.45, 7) is 2.13. The third kappa shape index (κ3) is 4.04. The first kappa shape index (κ1) is 13.5. The van der Waals surface area contributed by atoms with Gasteiger partial charge in [-0.25, -0.2) is 4.79 Å². The first-order valence-corrected chi connectivity index (χ1v) is 6.73. The molecule has 6 heteroatoms. The molecule has 1 unspecified atom stereocenters. The van der Waals surface area contributed by atoms with Gasteiger partial charge in [-0.05, 0) is 24.6 Å². The van der Waals surface area contributed by atoms with E-state index < -0.39 is 6.10 Å². The van der Waals surface area contributed by atoms with Crippen molar-refractivity contribution in [1.82, 2.24) is 10.3 Å². The van der Waals surface area contributed by atoms with E-state index in [1.807, 2.05) is 6.07 Å². The number of nitrogens with one attached hydrogen (secondary N) is 2. The number of hydrogen-bond acceptors (Lipinski definition) is 4. The van der Waals surface area contributed by atoms with Crippen molar-refractivity contribution in [2.45, 2.75) is 19.6 Å². The Morgan fingerprint density at radius 1 is 1.53 bits per heavy atom. The Labute approximate surface area is 115 Å². The van der Waals surface area contributed by atoms with Gasteiger partial charge in [0.05, 0.1) is 18.2 Å². The van der Waals surface area contributed by atoms with E-state index in [2.05, 4.69) is 15.6 Å². The summed E-state index contributed by atoms with van der Waals surface area (Å²) in [5, 5.41) is 14.9. The quantitative estimate of drug-likeness (QED) is 0.804. The Morgan fingerprint density at radius 2 is 2.37 bits per heavy atom. The van der Waals surface area contributed by atoms with E-state index in [0.29, 0.717) is 12.2 Å². The molecule has 0 saturated heterocycles. The predicted octanol–water partition coefficient (Wildman–Crippen LogP) is 2.52. The molecule has 0 fully saturated rings. The third-order valence-electron chi connectivity index (χ3n) is 2.53. The van der Waals surface area contributed by atoms with Crippen LogP contribution in [-0.4, -0.2) is 16.1 Å². The highest BCUT2D eigenvalue weighted by molar-refractivity contribution is 7.09. The summed E-state index contributed by atoms with van der Waals surface area (Å²) in [6.07, 6.45) is 1.17. The second-order valence-electron chi connectivity index (χ2n) is 4.08. The first-order valence-electron chi connectivity index (χ1n) is 5.85. The Balaban J connectivity index is 1.89. The lowest BCUT2D eigenvalue weighted by atomic mass is 10.1. The van der Waals surface area contributed by atoms with Crippen LogP contribution in [0.25, 0.3) is 0 Å². The lowest BCUT2D eigenvalue weighted by molar-refractivity contribution is 0.199. The van der Waals surface area contributed by atoms with Crippen molar-refractivity contribution in [3.8, 4) is 0 Å². The van der Waals surface area contributed by atoms with Crippen LogP contribution in [0.3, 0.4) is 0 Å². The van der Waals surface area contributed by atoms with Crippen LogP contribution in [0.2, 0.25) is 0 Å². The van der Waals surface area contributed by atoms with E-state index in [9.17, 15) is 9.90 Å². The molecule has 19 heavy (non-hydrogen) atoms. The minimum absolute atomic E-state index is 0.281. The first-order chi connectivity index (χ1) is 9.15. The molecule has 0 bridgehead atoms. The van der Waals surface area contributed by atoms with E-state index >= 15 is 0 Å². The standard InChI is InChI=1S/C13H15N3O2S/c1-9(17)10-3-2-4-11(5-10)16-13(18)15-7-12-6-14-8-19-12/h2-6,8-9,17H,7H2,1H3,(H2,15,16,18). The fourth-order valence-corrected chi connectivity index (χ4v) is 2.08. The maximum absolute atomic E-state index is 11.7. The molecule has 0 saturated carbocycles. The number of rotatable bonds is 4. The number of urea groups is 1. The van der Waals surface area contributed by atoms with Crippen LogP contribution >= 0.6 is 11.3 Å². The highest BCUT2D eigenvalue weighted by Gasteiger charge is 2.05. The number of nitrogens with zero attached hydrogens (tertiary/aromatic N) is 1. The van der Waals surface area contributed by atoms with Crippen molar-refractivity contribution >= 4 is 23.1 Å². The molecule has 1 aromatic heterocycles. The topological polar surface area (TPSA) is 74.2 Å². The van der Waals surface area contributed by atoms with Gasteiger partial charge in [-0.1, -0.05) is 12.1 Å². The van der Waals surface area contributed by atoms with E-state index in [1.54, 1.807) is 36.8 Å². The second kappa shape index (κ2) is 6.31. The molecule has 5 nitrogen and oxygen atoms in total. The highest BCUT2D eigenvalue weighted by atomic mass is 32.1. The summed E-state index contributed by atoms with van der Waals surface area (Å²) in [7, 11) is 0. The molecule has 100 valence electrons. The van der Waals surface area contributed by atoms with E-state index in [-0.39, 0.29) is 6.03 Å². The number of aliphatic hydroxyl groups is 1. The molecule has 0 spiro atoms. The van der Waals surface area contributed by atoms with Crippen molar-refractivity contribution in [2.75, 3.05) is 5.32 Å². The van der Waals surface area contributed by atoms with Gasteiger partial charge in [0.25, 0.3) is 0 Å². The highest BCUT2D eigenvalue weighted by Crippen LogP contribution is 2.16. The number of carbonyl (C=O) groups excluding carboxylic acids is 1. The monoisotopic (exact) mass is 277 g/mol. The van der Waals surface area contributed by atoms with Gasteiger partial charge in [0.2, 0.25) is 0 Å². The van der Waals surface area contributed by atoms with Crippen LogP contribution in [0.1, 0.15) is 23.5 Å². The zero-order chi connectivity index (χ0) is 13.7. The fraction of sp³-hybridized carbons (Fsp3) is 0.231. The number of anilines is 1. The van der Waals surface area contributed by atoms with Gasteiger partial charge < -0.3 is 15.7 Å². The Kier molecular flexibility index (Phi) is 4.48. The molecule has 0 radical (unpaired) electrons. The molecule has 1 aromatic carbocycles. The summed E-state index contributed by atoms with van der Waals surface area (Å²) in [5.74, 6) is 0. The van der Waals surface area contributed by atoms with Crippen LogP contribution in [0.4, 0.5) is 10.5 Å². The van der Waals surface area contributed by atoms with Crippen molar-refractivity contribution in [3.63, 3.8) is 0 Å². The number of hydrogen-bond donors (Lipinski definition) is 3. The van der Waals surface area contributed by atoms with Crippen molar-refractivity contribution in [1.29, 1.82) is 0 Å². The summed E-state index contributed by atoms with van der Waals surface area (Å²) < 4.78 is 0. The number of thiazole rings is 1. The molecule has 0 aliphatic carbocycles. The predicted molar refractivity (Wildman–Crippen MR) is 75.0 cm³/mol. The largest absolute Gasteiger partial charge is 0.389 e. The number of benzene rings is 1. The Bertz CT molecular complexity index is 541. The summed E-state index contributed by atoms with van der Waals surface area (Å²) in [6, 6.07) is 6.84. The van der Waals surface area contributed by atoms with Gasteiger partial charge in [0.15, 0.2) is 0 Å². The lowest BCUT2D eigenvalue weighted by Gasteiger charge is -2.09. The zero-order valence-corrected chi connectivity index (χ0v) is 11.3. The molecule has 3 N–H and O–H groups in total. The number of carbonyl (C=O) groups is 1. The molecule has 1 atom stereocenters. The average Bonchev–Trinajstić information content (AvgIpc) is 2.90. The van der Waals surface area contributed by atoms with Crippen LogP contribution in [0.5, 0.6) is 0 Å². The minimum Gasteiger partial charge on any atom is -0.389 e. The van der Waals surface area contributed by atoms with Crippen molar-refractivity contribution < 1.29 is 9.90 Å². The van der Waals surface area contributed by atoms with Gasteiger partial charge >= 0.3 is 6.03 Å². The number of aromatic nitrogens is 1. The number of amides is 2. The third-order valence-corrected chi connectivity index (χ3v) is 3.31. The van der Waals surface area contributed by atoms with E-state index in [4.69, 9.17) is 0 Å². The van der Waals surface area contributed by atoms with Gasteiger partial charge in [-0.15, -0.1) is 11.3 Å². The summed E-state index contributed by atoms with van der Waals surface area (Å²) in [5.41, 5.74) is 3.14. The van der Waals surface area contributed by atoms with Gasteiger partial charge in [-0.3, -0.25) is 4.98 Å².